The van der Waals surface area contributed by atoms with Crippen LogP contribution in [0.15, 0.2) is 19.2 Å². The van der Waals surface area contributed by atoms with E-state index in [0.717, 1.165) is 28.3 Å². The van der Waals surface area contributed by atoms with E-state index in [2.05, 4.69) is 70.4 Å². The van der Waals surface area contributed by atoms with Gasteiger partial charge >= 0.3 is 0 Å². The average molecular weight is 546 g/mol. The third kappa shape index (κ3) is 7.81. The first kappa shape index (κ1) is 31.6. The number of benzene rings is 2. The Balaban J connectivity index is 0. The van der Waals surface area contributed by atoms with Crippen LogP contribution in [0.4, 0.5) is 13.2 Å². The third-order valence-electron chi connectivity index (χ3n) is 6.22. The van der Waals surface area contributed by atoms with Crippen molar-refractivity contribution in [2.24, 2.45) is 0 Å². The van der Waals surface area contributed by atoms with Gasteiger partial charge in [-0.2, -0.15) is 8.78 Å². The van der Waals surface area contributed by atoms with Crippen molar-refractivity contribution in [3.05, 3.63) is 84.0 Å². The molecule has 0 heterocycles. The lowest BCUT2D eigenvalue weighted by Crippen LogP contribution is -1.99. The molecule has 0 amide bonds. The zero-order valence-electron chi connectivity index (χ0n) is 21.0. The van der Waals surface area contributed by atoms with Gasteiger partial charge in [0.2, 0.25) is 0 Å². The number of halogens is 4. The molecule has 2 rings (SSSR count). The van der Waals surface area contributed by atoms with Crippen LogP contribution in [0, 0.1) is 72.8 Å². The van der Waals surface area contributed by atoms with Crippen LogP contribution < -0.4 is 0 Å². The highest BCUT2D eigenvalue weighted by atomic mass is 127. The van der Waals surface area contributed by atoms with E-state index in [4.69, 9.17) is 0 Å². The van der Waals surface area contributed by atoms with E-state index >= 15 is 0 Å². The van der Waals surface area contributed by atoms with E-state index in [-0.39, 0.29) is 0 Å². The van der Waals surface area contributed by atoms with Crippen LogP contribution in [-0.4, -0.2) is 7.18 Å². The summed E-state index contributed by atoms with van der Waals surface area (Å²) in [5.74, 6) is 0. The highest BCUT2D eigenvalue weighted by Crippen LogP contribution is 2.28. The monoisotopic (exact) mass is 546 g/mol. The van der Waals surface area contributed by atoms with Crippen molar-refractivity contribution in [2.75, 3.05) is 7.18 Å². The smallest absolute Gasteiger partial charge is 0.255 e. The van der Waals surface area contributed by atoms with Gasteiger partial charge in [0.1, 0.15) is 0 Å². The van der Waals surface area contributed by atoms with Gasteiger partial charge in [-0.05, 0) is 153 Å². The number of alkyl halides is 1. The molecule has 174 valence electrons. The summed E-state index contributed by atoms with van der Waals surface area (Å²) >= 11 is 2.44. The molecule has 0 aliphatic carbocycles. The molecule has 2 aromatic carbocycles. The van der Waals surface area contributed by atoms with Crippen molar-refractivity contribution >= 4 is 28.7 Å². The number of hydrogen-bond acceptors (Lipinski definition) is 0. The van der Waals surface area contributed by atoms with Gasteiger partial charge in [0.15, 0.2) is 0 Å². The van der Waals surface area contributed by atoms with Crippen LogP contribution in [0.2, 0.25) is 0 Å². The highest BCUT2D eigenvalue weighted by molar-refractivity contribution is 14.1. The predicted octanol–water partition coefficient (Wildman–Crippen LogP) is 9.69. The maximum Gasteiger partial charge on any atom is 0.270 e. The summed E-state index contributed by atoms with van der Waals surface area (Å²) in [7, 11) is 0.500. The minimum absolute atomic E-state index is 0.500. The Labute approximate surface area is 201 Å². The molecule has 0 nitrogen and oxygen atoms in total. The summed E-state index contributed by atoms with van der Waals surface area (Å²) in [4.78, 5) is 0. The van der Waals surface area contributed by atoms with Gasteiger partial charge in [-0.25, -0.2) is 0 Å². The maximum absolute atomic E-state index is 12.3. The lowest BCUT2D eigenvalue weighted by Gasteiger charge is -2.16. The van der Waals surface area contributed by atoms with E-state index in [9.17, 15) is 13.2 Å². The quantitative estimate of drug-likeness (QED) is 0.247. The largest absolute Gasteiger partial charge is 0.270 e. The van der Waals surface area contributed by atoms with E-state index in [1.807, 2.05) is 34.6 Å². The number of rotatable bonds is 1. The van der Waals surface area contributed by atoms with Crippen LogP contribution in [-0.2, 0) is 0 Å². The molecule has 0 N–H and O–H groups in total. The molecule has 0 atom stereocenters. The van der Waals surface area contributed by atoms with Crippen molar-refractivity contribution in [1.29, 1.82) is 0 Å². The molecule has 0 aromatic heterocycles. The molecule has 0 radical (unpaired) electrons. The molecule has 0 bridgehead atoms. The molecule has 0 spiro atoms. The van der Waals surface area contributed by atoms with Gasteiger partial charge < -0.3 is 0 Å². The summed E-state index contributed by atoms with van der Waals surface area (Å²) in [6.45, 7) is 26.8. The molecule has 31 heavy (non-hydrogen) atoms. The summed E-state index contributed by atoms with van der Waals surface area (Å²) in [6, 6.07) is 0. The Hall–Kier alpha value is -1.56. The summed E-state index contributed by atoms with van der Waals surface area (Å²) < 4.78 is 35.5. The molecule has 0 saturated carbocycles. The van der Waals surface area contributed by atoms with Gasteiger partial charge in [-0.1, -0.05) is 0 Å². The van der Waals surface area contributed by atoms with E-state index in [1.54, 1.807) is 0 Å². The van der Waals surface area contributed by atoms with Gasteiger partial charge in [-0.15, -0.1) is 13.2 Å². The van der Waals surface area contributed by atoms with Crippen molar-refractivity contribution in [1.82, 2.24) is 0 Å². The Morgan fingerprint density at radius 2 is 0.774 bits per heavy atom. The molecular weight excluding hydrogens is 508 g/mol. The van der Waals surface area contributed by atoms with E-state index in [0.29, 0.717) is 12.7 Å². The Morgan fingerprint density at radius 1 is 0.548 bits per heavy atom. The highest BCUT2D eigenvalue weighted by Gasteiger charge is 2.11. The normalized spacial score (nSPS) is 9.39. The molecule has 0 aliphatic rings. The molecule has 4 heteroatoms. The second-order valence-corrected chi connectivity index (χ2v) is 8.49. The third-order valence-corrected chi connectivity index (χ3v) is 7.84. The molecule has 0 fully saturated rings. The lowest BCUT2D eigenvalue weighted by molar-refractivity contribution is 0.429. The summed E-state index contributed by atoms with van der Waals surface area (Å²) in [6.07, 6.45) is -0.673. The minimum atomic E-state index is -1.64. The second-order valence-electron chi connectivity index (χ2n) is 7.41. The first-order valence-electron chi connectivity index (χ1n) is 10.0. The van der Waals surface area contributed by atoms with Crippen LogP contribution in [0.1, 0.15) is 61.2 Å². The fourth-order valence-electron chi connectivity index (χ4n) is 3.31. The zero-order valence-corrected chi connectivity index (χ0v) is 23.2. The van der Waals surface area contributed by atoms with Gasteiger partial charge in [0, 0.05) is 9.65 Å². The van der Waals surface area contributed by atoms with Crippen LogP contribution >= 0.6 is 22.6 Å². The van der Waals surface area contributed by atoms with E-state index < -0.39 is 6.08 Å². The van der Waals surface area contributed by atoms with Gasteiger partial charge in [0.05, 0.1) is 7.18 Å². The second kappa shape index (κ2) is 14.5. The van der Waals surface area contributed by atoms with Crippen LogP contribution in [0.5, 0.6) is 0 Å². The zero-order chi connectivity index (χ0) is 25.2. The van der Waals surface area contributed by atoms with Crippen molar-refractivity contribution < 1.29 is 13.2 Å². The van der Waals surface area contributed by atoms with Gasteiger partial charge in [0.25, 0.3) is 6.08 Å². The minimum Gasteiger partial charge on any atom is -0.255 e. The first-order valence-corrected chi connectivity index (χ1v) is 11.1. The lowest BCUT2D eigenvalue weighted by atomic mass is 9.90. The Morgan fingerprint density at radius 3 is 1.03 bits per heavy atom. The summed E-state index contributed by atoms with van der Waals surface area (Å²) in [5, 5.41) is 0. The Kier molecular flexibility index (Phi) is 14.8. The topological polar surface area (TPSA) is 0 Å². The fraction of sp³-hybridized carbons (Fsp3) is 0.407. The van der Waals surface area contributed by atoms with Crippen molar-refractivity contribution in [3.63, 3.8) is 0 Å². The van der Waals surface area contributed by atoms with Crippen molar-refractivity contribution in [3.8, 4) is 0 Å². The predicted molar refractivity (Wildman–Crippen MR) is 141 cm³/mol. The first-order chi connectivity index (χ1) is 14.3. The molecule has 0 unspecified atom stereocenters. The standard InChI is InChI=1S/C13H16F2.C11H15I.C2H4.CH3F/c1-7-8(2)10(4)12(6-13(14)15)11(5)9(7)3;1-6-7(2)9(4)11(12)10(5)8(6)3;2*1-2/h6H,1-5H3;1-5H3;1-2H2;1H3. The number of hydrogen-bond donors (Lipinski definition) is 0. The maximum atomic E-state index is 12.3. The molecule has 0 saturated heterocycles. The SMILES string of the molecule is C=C.CF.Cc1c(C)c(C)c(C=C(F)F)c(C)c1C.Cc1c(C)c(C)c(I)c(C)c1C. The van der Waals surface area contributed by atoms with Crippen molar-refractivity contribution in [2.45, 2.75) is 69.2 Å². The summed E-state index contributed by atoms with van der Waals surface area (Å²) in [5.41, 5.74) is 13.2. The van der Waals surface area contributed by atoms with Crippen LogP contribution in [0.25, 0.3) is 6.08 Å². The Bertz CT molecular complexity index is 787. The molecular formula is C27H38F3I. The fourth-order valence-corrected chi connectivity index (χ4v) is 4.12. The average Bonchev–Trinajstić information content (AvgIpc) is 2.78. The van der Waals surface area contributed by atoms with E-state index in [1.165, 1.54) is 37.0 Å². The van der Waals surface area contributed by atoms with Crippen LogP contribution in [0.3, 0.4) is 0 Å². The van der Waals surface area contributed by atoms with Gasteiger partial charge in [-0.3, -0.25) is 4.39 Å². The molecule has 2 aromatic rings. The molecule has 0 aliphatic heterocycles.